The summed E-state index contributed by atoms with van der Waals surface area (Å²) in [5.74, 6) is 0. The summed E-state index contributed by atoms with van der Waals surface area (Å²) in [5.41, 5.74) is 0. The van der Waals surface area contributed by atoms with Gasteiger partial charge in [0.2, 0.25) is 0 Å². The second-order valence-electron chi connectivity index (χ2n) is 3.53. The minimum Gasteiger partial charge on any atom is -0.394 e. The maximum atomic E-state index is 9.42. The van der Waals surface area contributed by atoms with Crippen LogP contribution in [0.25, 0.3) is 0 Å². The van der Waals surface area contributed by atoms with Crippen molar-refractivity contribution in [2.24, 2.45) is 0 Å². The Labute approximate surface area is 100 Å². The second kappa shape index (κ2) is 12.0. The van der Waals surface area contributed by atoms with E-state index in [1.54, 1.807) is 0 Å². The first-order valence-corrected chi connectivity index (χ1v) is 5.65. The van der Waals surface area contributed by atoms with Crippen molar-refractivity contribution >= 4 is 0 Å². The monoisotopic (exact) mass is 223 g/mol. The van der Waals surface area contributed by atoms with Gasteiger partial charge in [-0.3, -0.25) is 0 Å². The molecule has 0 aromatic carbocycles. The van der Waals surface area contributed by atoms with Gasteiger partial charge < -0.3 is 14.9 Å². The SMILES string of the molecule is [2H]C([2H])(O)C([2H])(O)C([2H])([2H])OCCCCCCCCC. The number of unbranched alkanes of at least 4 members (excludes halogenated alkanes) is 6. The molecule has 0 aliphatic heterocycles. The van der Waals surface area contributed by atoms with Crippen molar-refractivity contribution in [1.82, 2.24) is 0 Å². The first kappa shape index (κ1) is 8.04. The standard InChI is InChI=1S/C12H26O3/c1-2-3-4-5-6-7-8-9-15-11-12(14)10-13/h12-14H,2-11H2,1H3/i10D2,11D2,12D. The van der Waals surface area contributed by atoms with Crippen LogP contribution in [0.15, 0.2) is 0 Å². The van der Waals surface area contributed by atoms with Gasteiger partial charge in [-0.25, -0.2) is 0 Å². The molecule has 0 aliphatic carbocycles. The van der Waals surface area contributed by atoms with Crippen molar-refractivity contribution in [1.29, 1.82) is 0 Å². The highest BCUT2D eigenvalue weighted by Crippen LogP contribution is 2.06. The van der Waals surface area contributed by atoms with Crippen molar-refractivity contribution < 1.29 is 21.8 Å². The van der Waals surface area contributed by atoms with E-state index < -0.39 is 19.2 Å². The Morgan fingerprint density at radius 1 is 1.20 bits per heavy atom. The molecule has 0 saturated heterocycles. The molecule has 3 nitrogen and oxygen atoms in total. The molecule has 0 spiro atoms. The summed E-state index contributed by atoms with van der Waals surface area (Å²) in [5, 5.41) is 18.4. The third-order valence-electron chi connectivity index (χ3n) is 2.12. The normalized spacial score (nSPS) is 21.9. The van der Waals surface area contributed by atoms with Crippen LogP contribution in [0.5, 0.6) is 0 Å². The maximum Gasteiger partial charge on any atom is 0.100 e. The molecule has 2 N–H and O–H groups in total. The first-order valence-electron chi connectivity index (χ1n) is 8.15. The van der Waals surface area contributed by atoms with Crippen LogP contribution in [0, 0.1) is 0 Å². The van der Waals surface area contributed by atoms with Gasteiger partial charge in [-0.15, -0.1) is 0 Å². The quantitative estimate of drug-likeness (QED) is 0.527. The molecule has 0 aromatic rings. The minimum absolute atomic E-state index is 0.0297. The van der Waals surface area contributed by atoms with Gasteiger partial charge in [0.05, 0.1) is 20.0 Å². The highest BCUT2D eigenvalue weighted by Gasteiger charge is 2.00. The van der Waals surface area contributed by atoms with Gasteiger partial charge in [-0.2, -0.15) is 0 Å². The van der Waals surface area contributed by atoms with Crippen LogP contribution in [-0.2, 0) is 4.74 Å². The third kappa shape index (κ3) is 11.8. The van der Waals surface area contributed by atoms with Crippen LogP contribution in [-0.4, -0.2) is 36.0 Å². The molecule has 1 unspecified atom stereocenters. The van der Waals surface area contributed by atoms with Gasteiger partial charge in [0.25, 0.3) is 0 Å². The van der Waals surface area contributed by atoms with E-state index in [0.717, 1.165) is 19.3 Å². The molecule has 1 atom stereocenters. The molecule has 0 radical (unpaired) electrons. The van der Waals surface area contributed by atoms with Crippen LogP contribution in [0.2, 0.25) is 0 Å². The Balaban J connectivity index is 3.94. The molecule has 15 heavy (non-hydrogen) atoms. The zero-order chi connectivity index (χ0) is 15.9. The van der Waals surface area contributed by atoms with Crippen LogP contribution < -0.4 is 0 Å². The van der Waals surface area contributed by atoms with Gasteiger partial charge in [0.15, 0.2) is 0 Å². The first-order chi connectivity index (χ1) is 9.06. The van der Waals surface area contributed by atoms with Crippen molar-refractivity contribution in [3.8, 4) is 0 Å². The van der Waals surface area contributed by atoms with E-state index >= 15 is 0 Å². The third-order valence-corrected chi connectivity index (χ3v) is 2.12. The molecule has 3 heteroatoms. The molecule has 0 heterocycles. The average molecular weight is 223 g/mol. The fourth-order valence-corrected chi connectivity index (χ4v) is 1.27. The van der Waals surface area contributed by atoms with Crippen molar-refractivity contribution in [3.63, 3.8) is 0 Å². The Morgan fingerprint density at radius 2 is 1.80 bits per heavy atom. The summed E-state index contributed by atoms with van der Waals surface area (Å²) >= 11 is 0. The number of hydrogen-bond donors (Lipinski definition) is 2. The fourth-order valence-electron chi connectivity index (χ4n) is 1.27. The number of ether oxygens (including phenoxy) is 1. The molecule has 0 fully saturated rings. The van der Waals surface area contributed by atoms with Crippen LogP contribution in [0.4, 0.5) is 0 Å². The number of hydrogen-bond acceptors (Lipinski definition) is 3. The predicted molar refractivity (Wildman–Crippen MR) is 61.9 cm³/mol. The molecule has 0 aromatic heterocycles. The lowest BCUT2D eigenvalue weighted by molar-refractivity contribution is 0.00526. The maximum absolute atomic E-state index is 9.42. The zero-order valence-corrected chi connectivity index (χ0v) is 9.46. The number of aliphatic hydroxyl groups is 2. The fraction of sp³-hybridized carbons (Fsp3) is 1.00. The van der Waals surface area contributed by atoms with Crippen molar-refractivity contribution in [3.05, 3.63) is 0 Å². The van der Waals surface area contributed by atoms with Gasteiger partial charge in [0.1, 0.15) is 6.08 Å². The lowest BCUT2D eigenvalue weighted by Gasteiger charge is -2.07. The van der Waals surface area contributed by atoms with Crippen molar-refractivity contribution in [2.45, 2.75) is 57.9 Å². The minimum atomic E-state index is -3.41. The molecule has 92 valence electrons. The molecular weight excluding hydrogens is 192 g/mol. The summed E-state index contributed by atoms with van der Waals surface area (Å²) in [6.45, 7) is -4.28. The highest BCUT2D eigenvalue weighted by atomic mass is 16.5. The van der Waals surface area contributed by atoms with E-state index in [0.29, 0.717) is 6.42 Å². The molecule has 0 bridgehead atoms. The molecule has 0 rings (SSSR count). The molecular formula is C12H26O3. The van der Waals surface area contributed by atoms with E-state index in [1.807, 2.05) is 0 Å². The Morgan fingerprint density at radius 3 is 2.40 bits per heavy atom. The van der Waals surface area contributed by atoms with E-state index in [2.05, 4.69) is 6.92 Å². The molecule has 0 saturated carbocycles. The van der Waals surface area contributed by atoms with Gasteiger partial charge in [-0.1, -0.05) is 45.4 Å². The predicted octanol–water partition coefficient (Wildman–Crippen LogP) is 2.11. The van der Waals surface area contributed by atoms with Crippen LogP contribution in [0.1, 0.15) is 58.7 Å². The topological polar surface area (TPSA) is 49.7 Å². The lowest BCUT2D eigenvalue weighted by atomic mass is 10.1. The smallest absolute Gasteiger partial charge is 0.100 e. The van der Waals surface area contributed by atoms with E-state index in [4.69, 9.17) is 16.7 Å². The second-order valence-corrected chi connectivity index (χ2v) is 3.53. The van der Waals surface area contributed by atoms with Gasteiger partial charge in [-0.05, 0) is 6.42 Å². The summed E-state index contributed by atoms with van der Waals surface area (Å²) in [6.07, 6.45) is 3.72. The Kier molecular flexibility index (Phi) is 6.41. The van der Waals surface area contributed by atoms with Crippen LogP contribution in [0.3, 0.4) is 0 Å². The number of rotatable bonds is 11. The van der Waals surface area contributed by atoms with Gasteiger partial charge in [0, 0.05) is 6.61 Å². The summed E-state index contributed by atoms with van der Waals surface area (Å²) in [6, 6.07) is 0. The Hall–Kier alpha value is -0.120. The summed E-state index contributed by atoms with van der Waals surface area (Å²) in [4.78, 5) is 0. The summed E-state index contributed by atoms with van der Waals surface area (Å²) in [7, 11) is 0. The van der Waals surface area contributed by atoms with E-state index in [1.165, 1.54) is 19.3 Å². The zero-order valence-electron chi connectivity index (χ0n) is 14.5. The van der Waals surface area contributed by atoms with E-state index in [9.17, 15) is 5.11 Å². The van der Waals surface area contributed by atoms with Crippen molar-refractivity contribution in [2.75, 3.05) is 19.7 Å². The lowest BCUT2D eigenvalue weighted by Crippen LogP contribution is -2.19. The largest absolute Gasteiger partial charge is 0.394 e. The van der Waals surface area contributed by atoms with Crippen LogP contribution >= 0.6 is 0 Å². The highest BCUT2D eigenvalue weighted by molar-refractivity contribution is 4.49. The summed E-state index contributed by atoms with van der Waals surface area (Å²) < 4.78 is 40.4. The molecule has 0 aliphatic rings. The van der Waals surface area contributed by atoms with E-state index in [-0.39, 0.29) is 6.61 Å². The molecule has 0 amide bonds. The van der Waals surface area contributed by atoms with Gasteiger partial charge >= 0.3 is 0 Å². The average Bonchev–Trinajstić information content (AvgIpc) is 2.31. The Bertz CT molecular complexity index is 266.